The van der Waals surface area contributed by atoms with Crippen molar-refractivity contribution < 1.29 is 9.42 Å². The Morgan fingerprint density at radius 2 is 2.00 bits per heavy atom. The van der Waals surface area contributed by atoms with Crippen LogP contribution in [0.25, 0.3) is 0 Å². The van der Waals surface area contributed by atoms with Gasteiger partial charge in [-0.15, -0.1) is 0 Å². The van der Waals surface area contributed by atoms with Crippen molar-refractivity contribution >= 4 is 29.0 Å². The lowest BCUT2D eigenvalue weighted by molar-refractivity contribution is -0.116. The third-order valence-corrected chi connectivity index (χ3v) is 4.34. The number of hydrogen-bond donors (Lipinski definition) is 2. The number of aromatic nitrogens is 2. The zero-order valence-electron chi connectivity index (χ0n) is 11.6. The van der Waals surface area contributed by atoms with Gasteiger partial charge in [-0.25, -0.2) is 4.63 Å². The number of Topliss-reactive ketones (excluding diaryl/α,β-unsaturated/α-hetero) is 1. The van der Waals surface area contributed by atoms with Gasteiger partial charge in [0.1, 0.15) is 0 Å². The van der Waals surface area contributed by atoms with E-state index in [0.29, 0.717) is 28.7 Å². The van der Waals surface area contributed by atoms with Gasteiger partial charge in [0.2, 0.25) is 11.6 Å². The Morgan fingerprint density at radius 1 is 1.18 bits per heavy atom. The summed E-state index contributed by atoms with van der Waals surface area (Å²) in [5.41, 5.74) is 2.41. The Labute approximate surface area is 131 Å². The molecule has 1 aromatic heterocycles. The minimum absolute atomic E-state index is 0.119. The number of hydrogen-bond acceptors (Lipinski definition) is 6. The summed E-state index contributed by atoms with van der Waals surface area (Å²) in [5, 5.41) is 14.7. The largest absolute Gasteiger partial charge is 0.353 e. The van der Waals surface area contributed by atoms with E-state index in [9.17, 15) is 4.79 Å². The minimum atomic E-state index is -0.364. The van der Waals surface area contributed by atoms with E-state index < -0.39 is 0 Å². The third-order valence-electron chi connectivity index (χ3n) is 4.00. The summed E-state index contributed by atoms with van der Waals surface area (Å²) in [6.45, 7) is 0. The normalized spacial score (nSPS) is 20.6. The van der Waals surface area contributed by atoms with Gasteiger partial charge in [0.05, 0.1) is 6.04 Å². The van der Waals surface area contributed by atoms with E-state index in [2.05, 4.69) is 20.9 Å². The molecule has 2 N–H and O–H groups in total. The van der Waals surface area contributed by atoms with Gasteiger partial charge in [-0.05, 0) is 34.8 Å². The smallest absolute Gasteiger partial charge is 0.219 e. The van der Waals surface area contributed by atoms with E-state index in [1.165, 1.54) is 0 Å². The lowest BCUT2D eigenvalue weighted by Crippen LogP contribution is -2.24. The van der Waals surface area contributed by atoms with E-state index in [1.54, 1.807) is 0 Å². The molecule has 2 aliphatic rings. The highest BCUT2D eigenvalue weighted by Gasteiger charge is 2.34. The van der Waals surface area contributed by atoms with Crippen LogP contribution >= 0.6 is 11.6 Å². The molecule has 1 atom stereocenters. The highest BCUT2D eigenvalue weighted by molar-refractivity contribution is 6.31. The third kappa shape index (κ3) is 2.07. The van der Waals surface area contributed by atoms with Gasteiger partial charge in [0, 0.05) is 22.7 Å². The molecule has 0 unspecified atom stereocenters. The van der Waals surface area contributed by atoms with E-state index in [0.717, 1.165) is 24.1 Å². The number of carbonyl (C=O) groups excluding carboxylic acids is 1. The maximum Gasteiger partial charge on any atom is 0.219 e. The van der Waals surface area contributed by atoms with Crippen LogP contribution in [0.4, 0.5) is 11.6 Å². The monoisotopic (exact) mass is 316 g/mol. The molecule has 1 aliphatic heterocycles. The quantitative estimate of drug-likeness (QED) is 0.840. The summed E-state index contributed by atoms with van der Waals surface area (Å²) in [6.07, 6.45) is 2.15. The van der Waals surface area contributed by atoms with E-state index >= 15 is 0 Å². The molecule has 0 fully saturated rings. The van der Waals surface area contributed by atoms with Gasteiger partial charge in [0.25, 0.3) is 0 Å². The predicted octanol–water partition coefficient (Wildman–Crippen LogP) is 3.31. The van der Waals surface area contributed by atoms with Crippen LogP contribution in [0, 0.1) is 0 Å². The molecular formula is C15H13ClN4O2. The van der Waals surface area contributed by atoms with Crippen molar-refractivity contribution in [2.45, 2.75) is 25.3 Å². The molecular weight excluding hydrogens is 304 g/mol. The Balaban J connectivity index is 1.90. The molecule has 22 heavy (non-hydrogen) atoms. The Kier molecular flexibility index (Phi) is 3.11. The first-order valence-electron chi connectivity index (χ1n) is 7.11. The van der Waals surface area contributed by atoms with Gasteiger partial charge in [0.15, 0.2) is 5.78 Å². The molecule has 0 saturated carbocycles. The highest BCUT2D eigenvalue weighted by Crippen LogP contribution is 2.40. The van der Waals surface area contributed by atoms with Gasteiger partial charge in [-0.3, -0.25) is 4.79 Å². The van der Waals surface area contributed by atoms with Crippen LogP contribution in [-0.2, 0) is 4.79 Å². The number of allylic oxidation sites excluding steroid dienone is 1. The number of carbonyl (C=O) groups is 1. The molecule has 0 bridgehead atoms. The van der Waals surface area contributed by atoms with E-state index in [4.69, 9.17) is 16.2 Å². The fourth-order valence-electron chi connectivity index (χ4n) is 2.99. The second-order valence-corrected chi connectivity index (χ2v) is 5.76. The zero-order chi connectivity index (χ0) is 15.1. The maximum absolute atomic E-state index is 12.5. The molecule has 2 aromatic rings. The van der Waals surface area contributed by atoms with Crippen LogP contribution in [0.3, 0.4) is 0 Å². The average Bonchev–Trinajstić information content (AvgIpc) is 2.87. The molecule has 1 aromatic carbocycles. The topological polar surface area (TPSA) is 80.1 Å². The lowest BCUT2D eigenvalue weighted by Gasteiger charge is -2.25. The number of anilines is 2. The molecule has 112 valence electrons. The molecule has 2 heterocycles. The number of rotatable bonds is 1. The molecule has 1 aliphatic carbocycles. The predicted molar refractivity (Wildman–Crippen MR) is 81.6 cm³/mol. The summed E-state index contributed by atoms with van der Waals surface area (Å²) in [4.78, 5) is 12.5. The standard InChI is InChI=1S/C15H13ClN4O2/c16-9-5-2-1-4-8(9)13-12-10(6-3-7-11(12)21)17-14-15(18-13)20-22-19-14/h1-2,4-5,13H,3,6-7H2,(H,17,19)(H,18,20)/t13-/m1/s1. The van der Waals surface area contributed by atoms with Gasteiger partial charge in [-0.1, -0.05) is 29.8 Å². The van der Waals surface area contributed by atoms with Crippen molar-refractivity contribution in [1.29, 1.82) is 0 Å². The van der Waals surface area contributed by atoms with Crippen LogP contribution in [0.5, 0.6) is 0 Å². The molecule has 0 saturated heterocycles. The van der Waals surface area contributed by atoms with Crippen molar-refractivity contribution in [3.05, 3.63) is 46.1 Å². The van der Waals surface area contributed by atoms with Crippen molar-refractivity contribution in [2.75, 3.05) is 10.6 Å². The number of halogens is 1. The molecule has 4 rings (SSSR count). The summed E-state index contributed by atoms with van der Waals surface area (Å²) < 4.78 is 4.78. The Morgan fingerprint density at radius 3 is 2.86 bits per heavy atom. The molecule has 6 nitrogen and oxygen atoms in total. The van der Waals surface area contributed by atoms with Crippen molar-refractivity contribution in [3.63, 3.8) is 0 Å². The van der Waals surface area contributed by atoms with Crippen LogP contribution in [0.15, 0.2) is 40.2 Å². The highest BCUT2D eigenvalue weighted by atomic mass is 35.5. The first-order chi connectivity index (χ1) is 10.7. The van der Waals surface area contributed by atoms with Gasteiger partial charge < -0.3 is 10.6 Å². The summed E-state index contributed by atoms with van der Waals surface area (Å²) in [7, 11) is 0. The fourth-order valence-corrected chi connectivity index (χ4v) is 3.23. The number of nitrogens with zero attached hydrogens (tertiary/aromatic N) is 2. The number of benzene rings is 1. The Hall–Kier alpha value is -2.34. The molecule has 0 radical (unpaired) electrons. The second kappa shape index (κ2) is 5.14. The number of ketones is 1. The SMILES string of the molecule is O=C1CCCC2=C1[C@@H](c1ccccc1Cl)Nc1nonc1N2. The number of nitrogens with one attached hydrogen (secondary N) is 2. The first kappa shape index (κ1) is 13.3. The average molecular weight is 317 g/mol. The summed E-state index contributed by atoms with van der Waals surface area (Å²) in [5.74, 6) is 1.09. The zero-order valence-corrected chi connectivity index (χ0v) is 12.4. The molecule has 0 spiro atoms. The van der Waals surface area contributed by atoms with Gasteiger partial charge >= 0.3 is 0 Å². The summed E-state index contributed by atoms with van der Waals surface area (Å²) in [6, 6.07) is 7.12. The summed E-state index contributed by atoms with van der Waals surface area (Å²) >= 11 is 6.34. The van der Waals surface area contributed by atoms with Crippen molar-refractivity contribution in [1.82, 2.24) is 10.3 Å². The maximum atomic E-state index is 12.5. The minimum Gasteiger partial charge on any atom is -0.353 e. The lowest BCUT2D eigenvalue weighted by atomic mass is 9.87. The van der Waals surface area contributed by atoms with Crippen LogP contribution in [0.1, 0.15) is 30.9 Å². The number of fused-ring (bicyclic) bond motifs is 1. The van der Waals surface area contributed by atoms with Gasteiger partial charge in [-0.2, -0.15) is 0 Å². The van der Waals surface area contributed by atoms with Crippen LogP contribution < -0.4 is 10.6 Å². The second-order valence-electron chi connectivity index (χ2n) is 5.35. The molecule has 0 amide bonds. The Bertz CT molecular complexity index is 783. The molecule has 7 heteroatoms. The fraction of sp³-hybridized carbons (Fsp3) is 0.267. The first-order valence-corrected chi connectivity index (χ1v) is 7.48. The van der Waals surface area contributed by atoms with E-state index in [-0.39, 0.29) is 11.8 Å². The van der Waals surface area contributed by atoms with E-state index in [1.807, 2.05) is 24.3 Å². The van der Waals surface area contributed by atoms with Crippen molar-refractivity contribution in [2.24, 2.45) is 0 Å². The van der Waals surface area contributed by atoms with Crippen LogP contribution in [-0.4, -0.2) is 16.1 Å². The van der Waals surface area contributed by atoms with Crippen molar-refractivity contribution in [3.8, 4) is 0 Å². The van der Waals surface area contributed by atoms with Crippen LogP contribution in [0.2, 0.25) is 5.02 Å².